The summed E-state index contributed by atoms with van der Waals surface area (Å²) in [4.78, 5) is 35.8. The second-order valence-electron chi connectivity index (χ2n) is 8.89. The fourth-order valence-corrected chi connectivity index (χ4v) is 5.68. The van der Waals surface area contributed by atoms with E-state index in [1.807, 2.05) is 29.2 Å². The number of aromatic nitrogens is 1. The van der Waals surface area contributed by atoms with Crippen molar-refractivity contribution in [2.75, 3.05) is 32.0 Å². The topological polar surface area (TPSA) is 89.3 Å². The van der Waals surface area contributed by atoms with E-state index in [9.17, 15) is 9.59 Å². The van der Waals surface area contributed by atoms with Crippen LogP contribution in [0, 0.1) is 11.3 Å². The molecular weight excluding hydrogens is 446 g/mol. The third-order valence-electron chi connectivity index (χ3n) is 6.48. The molecule has 0 spiro atoms. The van der Waals surface area contributed by atoms with Crippen LogP contribution < -0.4 is 5.32 Å². The second kappa shape index (κ2) is 9.37. The summed E-state index contributed by atoms with van der Waals surface area (Å²) in [6.07, 6.45) is 1.74. The molecule has 1 atom stereocenters. The van der Waals surface area contributed by atoms with Crippen molar-refractivity contribution in [1.29, 1.82) is 5.26 Å². The number of carbonyl (C=O) groups is 2. The van der Waals surface area contributed by atoms with Gasteiger partial charge in [-0.25, -0.2) is 4.98 Å². The summed E-state index contributed by atoms with van der Waals surface area (Å²) in [6, 6.07) is 16.5. The molecule has 2 aromatic carbocycles. The van der Waals surface area contributed by atoms with Gasteiger partial charge in [-0.3, -0.25) is 14.9 Å². The molecule has 34 heavy (non-hydrogen) atoms. The number of thiazole rings is 1. The van der Waals surface area contributed by atoms with Crippen molar-refractivity contribution in [2.24, 2.45) is 0 Å². The Morgan fingerprint density at radius 3 is 2.82 bits per heavy atom. The zero-order chi connectivity index (χ0) is 23.7. The van der Waals surface area contributed by atoms with E-state index in [0.29, 0.717) is 34.9 Å². The summed E-state index contributed by atoms with van der Waals surface area (Å²) < 4.78 is 0. The van der Waals surface area contributed by atoms with Crippen LogP contribution in [0.4, 0.5) is 5.13 Å². The molecule has 0 radical (unpaired) electrons. The fraction of sp³-hybridized carbons (Fsp3) is 0.308. The Kier molecular flexibility index (Phi) is 6.14. The molecule has 0 bridgehead atoms. The molecule has 0 saturated carbocycles. The molecular formula is C26H25N5O2S. The number of nitrogens with zero attached hydrogens (tertiary/aromatic N) is 4. The van der Waals surface area contributed by atoms with Gasteiger partial charge in [-0.05, 0) is 49.4 Å². The Labute approximate surface area is 202 Å². The molecule has 3 heterocycles. The molecule has 1 unspecified atom stereocenters. The predicted molar refractivity (Wildman–Crippen MR) is 131 cm³/mol. The molecule has 1 aromatic heterocycles. The average molecular weight is 472 g/mol. The van der Waals surface area contributed by atoms with Crippen LogP contribution in [0.5, 0.6) is 0 Å². The Bertz CT molecular complexity index is 1290. The number of hydrogen-bond donors (Lipinski definition) is 1. The summed E-state index contributed by atoms with van der Waals surface area (Å²) in [5.74, 6) is -0.0639. The van der Waals surface area contributed by atoms with Crippen molar-refractivity contribution in [3.63, 3.8) is 0 Å². The number of nitriles is 1. The molecule has 3 aromatic rings. The van der Waals surface area contributed by atoms with E-state index < -0.39 is 0 Å². The second-order valence-corrected chi connectivity index (χ2v) is 9.97. The number of benzene rings is 2. The summed E-state index contributed by atoms with van der Waals surface area (Å²) in [7, 11) is 2.09. The molecule has 8 heteroatoms. The lowest BCUT2D eigenvalue weighted by atomic mass is 9.96. The van der Waals surface area contributed by atoms with Gasteiger partial charge in [0.05, 0.1) is 17.3 Å². The van der Waals surface area contributed by atoms with Crippen LogP contribution in [0.15, 0.2) is 48.5 Å². The zero-order valence-electron chi connectivity index (χ0n) is 19.0. The highest BCUT2D eigenvalue weighted by atomic mass is 32.1. The monoisotopic (exact) mass is 471 g/mol. The van der Waals surface area contributed by atoms with Crippen molar-refractivity contribution >= 4 is 28.3 Å². The lowest BCUT2D eigenvalue weighted by molar-refractivity contribution is 0.0790. The van der Waals surface area contributed by atoms with Gasteiger partial charge in [0.15, 0.2) is 5.13 Å². The van der Waals surface area contributed by atoms with E-state index >= 15 is 0 Å². The maximum Gasteiger partial charge on any atom is 0.257 e. The maximum atomic E-state index is 12.9. The van der Waals surface area contributed by atoms with Crippen molar-refractivity contribution in [2.45, 2.75) is 25.3 Å². The van der Waals surface area contributed by atoms with Crippen molar-refractivity contribution in [1.82, 2.24) is 14.8 Å². The van der Waals surface area contributed by atoms with Gasteiger partial charge in [-0.2, -0.15) is 5.26 Å². The highest BCUT2D eigenvalue weighted by Gasteiger charge is 2.28. The van der Waals surface area contributed by atoms with Gasteiger partial charge < -0.3 is 9.80 Å². The molecule has 2 aliphatic rings. The molecule has 172 valence electrons. The number of rotatable bonds is 4. The first-order valence-electron chi connectivity index (χ1n) is 11.4. The Morgan fingerprint density at radius 2 is 1.97 bits per heavy atom. The number of fused-ring (bicyclic) bond motifs is 1. The standard InChI is InChI=1S/C26H25N5O2S/c1-30-10-9-22-23(16-30)34-26(28-22)29-24(32)19-6-3-5-18(13-19)21-8-11-31(15-21)25(33)20-7-2-4-17(12-20)14-27/h2-7,12-13,21H,8-11,15-16H2,1H3,(H,28,29,32). The van der Waals surface area contributed by atoms with Crippen LogP contribution in [-0.2, 0) is 13.0 Å². The maximum absolute atomic E-state index is 12.9. The van der Waals surface area contributed by atoms with Crippen LogP contribution in [0.25, 0.3) is 0 Å². The van der Waals surface area contributed by atoms with Gasteiger partial charge in [-0.15, -0.1) is 11.3 Å². The minimum atomic E-state index is -0.166. The summed E-state index contributed by atoms with van der Waals surface area (Å²) in [5, 5.41) is 12.7. The largest absolute Gasteiger partial charge is 0.338 e. The number of hydrogen-bond acceptors (Lipinski definition) is 6. The van der Waals surface area contributed by atoms with Crippen LogP contribution in [0.1, 0.15) is 54.8 Å². The molecule has 2 aliphatic heterocycles. The van der Waals surface area contributed by atoms with Crippen LogP contribution >= 0.6 is 11.3 Å². The Balaban J connectivity index is 1.26. The lowest BCUT2D eigenvalue weighted by Gasteiger charge is -2.20. The SMILES string of the molecule is CN1CCc2nc(NC(=O)c3cccc(C4CCN(C(=O)c5cccc(C#N)c5)C4)c3)sc2C1. The van der Waals surface area contributed by atoms with E-state index in [4.69, 9.17) is 5.26 Å². The van der Waals surface area contributed by atoms with Gasteiger partial charge in [0.1, 0.15) is 0 Å². The molecule has 1 N–H and O–H groups in total. The minimum absolute atomic E-state index is 0.0631. The van der Waals surface area contributed by atoms with E-state index in [0.717, 1.165) is 37.2 Å². The zero-order valence-corrected chi connectivity index (χ0v) is 19.8. The first-order valence-corrected chi connectivity index (χ1v) is 12.2. The van der Waals surface area contributed by atoms with Gasteiger partial charge in [0.25, 0.3) is 11.8 Å². The first kappa shape index (κ1) is 22.3. The minimum Gasteiger partial charge on any atom is -0.338 e. The molecule has 7 nitrogen and oxygen atoms in total. The van der Waals surface area contributed by atoms with Crippen LogP contribution in [-0.4, -0.2) is 53.3 Å². The van der Waals surface area contributed by atoms with Gasteiger partial charge >= 0.3 is 0 Å². The van der Waals surface area contributed by atoms with Crippen molar-refractivity contribution in [3.8, 4) is 6.07 Å². The normalized spacial score (nSPS) is 17.8. The molecule has 1 fully saturated rings. The highest BCUT2D eigenvalue weighted by molar-refractivity contribution is 7.15. The summed E-state index contributed by atoms with van der Waals surface area (Å²) in [5.41, 5.74) is 3.74. The van der Waals surface area contributed by atoms with Crippen molar-refractivity contribution in [3.05, 3.63) is 81.4 Å². The Hall–Kier alpha value is -3.54. The number of amides is 2. The first-order chi connectivity index (χ1) is 16.5. The number of likely N-dealkylation sites (tertiary alicyclic amines) is 1. The number of anilines is 1. The molecule has 1 saturated heterocycles. The number of nitrogens with one attached hydrogen (secondary N) is 1. The number of likely N-dealkylation sites (N-methyl/N-ethyl adjacent to an activating group) is 1. The highest BCUT2D eigenvalue weighted by Crippen LogP contribution is 2.30. The average Bonchev–Trinajstić information content (AvgIpc) is 3.50. The smallest absolute Gasteiger partial charge is 0.257 e. The van der Waals surface area contributed by atoms with E-state index in [1.54, 1.807) is 35.6 Å². The van der Waals surface area contributed by atoms with E-state index in [-0.39, 0.29) is 17.7 Å². The lowest BCUT2D eigenvalue weighted by Crippen LogP contribution is -2.28. The summed E-state index contributed by atoms with van der Waals surface area (Å²) in [6.45, 7) is 3.09. The quantitative estimate of drug-likeness (QED) is 0.624. The predicted octanol–water partition coefficient (Wildman–Crippen LogP) is 3.88. The third-order valence-corrected chi connectivity index (χ3v) is 7.47. The van der Waals surface area contributed by atoms with Crippen molar-refractivity contribution < 1.29 is 9.59 Å². The molecule has 2 amide bonds. The fourth-order valence-electron chi connectivity index (χ4n) is 4.60. The number of carbonyl (C=O) groups excluding carboxylic acids is 2. The van der Waals surface area contributed by atoms with Gasteiger partial charge in [0.2, 0.25) is 0 Å². The molecule has 5 rings (SSSR count). The van der Waals surface area contributed by atoms with E-state index in [2.05, 4.69) is 28.3 Å². The summed E-state index contributed by atoms with van der Waals surface area (Å²) >= 11 is 1.55. The third kappa shape index (κ3) is 4.58. The van der Waals surface area contributed by atoms with E-state index in [1.165, 1.54) is 4.88 Å². The van der Waals surface area contributed by atoms with Gasteiger partial charge in [0, 0.05) is 54.5 Å². The van der Waals surface area contributed by atoms with Crippen LogP contribution in [0.2, 0.25) is 0 Å². The Morgan fingerprint density at radius 1 is 1.15 bits per heavy atom. The van der Waals surface area contributed by atoms with Gasteiger partial charge in [-0.1, -0.05) is 18.2 Å². The van der Waals surface area contributed by atoms with Crippen LogP contribution in [0.3, 0.4) is 0 Å². The molecule has 0 aliphatic carbocycles.